The minimum atomic E-state index is -4.41. The molecule has 2 N–H and O–H groups in total. The minimum absolute atomic E-state index is 0.175. The molecule has 102 valence electrons. The predicted molar refractivity (Wildman–Crippen MR) is 59.4 cm³/mol. The molecule has 18 heavy (non-hydrogen) atoms. The van der Waals surface area contributed by atoms with Crippen LogP contribution in [0.1, 0.15) is 17.5 Å². The summed E-state index contributed by atoms with van der Waals surface area (Å²) in [6.45, 7) is -0.415. The summed E-state index contributed by atoms with van der Waals surface area (Å²) in [4.78, 5) is 0. The van der Waals surface area contributed by atoms with Gasteiger partial charge in [0.2, 0.25) is 0 Å². The average Bonchev–Trinajstić information content (AvgIpc) is 2.34. The molecule has 0 amide bonds. The van der Waals surface area contributed by atoms with Gasteiger partial charge in [0.25, 0.3) is 0 Å². The summed E-state index contributed by atoms with van der Waals surface area (Å²) in [6, 6.07) is 3.21. The van der Waals surface area contributed by atoms with Gasteiger partial charge in [-0.2, -0.15) is 13.2 Å². The van der Waals surface area contributed by atoms with Crippen LogP contribution in [0.25, 0.3) is 0 Å². The fraction of sp³-hybridized carbons (Fsp3) is 0.500. The van der Waals surface area contributed by atoms with Gasteiger partial charge in [-0.05, 0) is 36.6 Å². The lowest BCUT2D eigenvalue weighted by atomic mass is 10.0. The number of alkyl halides is 3. The van der Waals surface area contributed by atoms with Gasteiger partial charge in [-0.15, -0.1) is 0 Å². The molecule has 1 aromatic carbocycles. The molecule has 1 atom stereocenters. The molecule has 1 aromatic rings. The van der Waals surface area contributed by atoms with Crippen LogP contribution in [0.5, 0.6) is 5.75 Å². The molecule has 0 fully saturated rings. The molecule has 0 heterocycles. The molecule has 0 aliphatic carbocycles. The van der Waals surface area contributed by atoms with E-state index in [4.69, 9.17) is 9.84 Å². The average molecular weight is 264 g/mol. The van der Waals surface area contributed by atoms with Gasteiger partial charge < -0.3 is 14.9 Å². The third kappa shape index (κ3) is 3.89. The lowest BCUT2D eigenvalue weighted by Gasteiger charge is -2.13. The Labute approximate surface area is 103 Å². The number of aliphatic hydroxyl groups is 2. The first kappa shape index (κ1) is 14.8. The van der Waals surface area contributed by atoms with Gasteiger partial charge in [0, 0.05) is 0 Å². The zero-order chi connectivity index (χ0) is 13.8. The van der Waals surface area contributed by atoms with Gasteiger partial charge in [-0.3, -0.25) is 0 Å². The van der Waals surface area contributed by atoms with Crippen molar-refractivity contribution in [2.75, 3.05) is 13.7 Å². The Morgan fingerprint density at radius 3 is 2.50 bits per heavy atom. The van der Waals surface area contributed by atoms with Gasteiger partial charge in [0.15, 0.2) is 0 Å². The van der Waals surface area contributed by atoms with E-state index in [-0.39, 0.29) is 12.8 Å². The van der Waals surface area contributed by atoms with Crippen molar-refractivity contribution in [3.63, 3.8) is 0 Å². The number of aryl methyl sites for hydroxylation is 1. The molecule has 0 bridgehead atoms. The number of methoxy groups -OCH3 is 1. The van der Waals surface area contributed by atoms with E-state index in [1.54, 1.807) is 0 Å². The van der Waals surface area contributed by atoms with Crippen molar-refractivity contribution in [1.29, 1.82) is 0 Å². The van der Waals surface area contributed by atoms with Crippen molar-refractivity contribution in [3.8, 4) is 5.75 Å². The second-order valence-corrected chi connectivity index (χ2v) is 3.90. The Bertz CT molecular complexity index is 391. The van der Waals surface area contributed by atoms with Crippen LogP contribution in [0.2, 0.25) is 0 Å². The van der Waals surface area contributed by atoms with Gasteiger partial charge in [-0.25, -0.2) is 0 Å². The lowest BCUT2D eigenvalue weighted by molar-refractivity contribution is -0.137. The van der Waals surface area contributed by atoms with E-state index in [0.717, 1.165) is 12.1 Å². The van der Waals surface area contributed by atoms with Gasteiger partial charge in [0.1, 0.15) is 5.75 Å². The highest BCUT2D eigenvalue weighted by atomic mass is 19.4. The topological polar surface area (TPSA) is 49.7 Å². The highest BCUT2D eigenvalue weighted by Crippen LogP contribution is 2.33. The molecule has 0 aromatic heterocycles. The Kier molecular flexibility index (Phi) is 4.98. The predicted octanol–water partition coefficient (Wildman–Crippen LogP) is 2.00. The van der Waals surface area contributed by atoms with Gasteiger partial charge in [0.05, 0.1) is 25.4 Å². The first-order valence-electron chi connectivity index (χ1n) is 5.41. The summed E-state index contributed by atoms with van der Waals surface area (Å²) in [6.07, 6.45) is -4.97. The van der Waals surface area contributed by atoms with Crippen LogP contribution in [0.4, 0.5) is 13.2 Å². The Morgan fingerprint density at radius 1 is 1.33 bits per heavy atom. The number of rotatable bonds is 5. The summed E-state index contributed by atoms with van der Waals surface area (Å²) in [5, 5.41) is 17.9. The SMILES string of the molecule is COc1ccc(C(F)(F)F)cc1CCC(O)CO. The maximum absolute atomic E-state index is 12.5. The summed E-state index contributed by atoms with van der Waals surface area (Å²) in [5.74, 6) is 0.341. The fourth-order valence-corrected chi connectivity index (χ4v) is 1.56. The Morgan fingerprint density at radius 2 is 2.00 bits per heavy atom. The number of halogens is 3. The summed E-state index contributed by atoms with van der Waals surface area (Å²) >= 11 is 0. The number of aliphatic hydroxyl groups excluding tert-OH is 2. The standard InChI is InChI=1S/C12H15F3O3/c1-18-11-5-3-9(12(13,14)15)6-8(11)2-4-10(17)7-16/h3,5-6,10,16-17H,2,4,7H2,1H3. The second-order valence-electron chi connectivity index (χ2n) is 3.90. The van der Waals surface area contributed by atoms with Crippen molar-refractivity contribution in [3.05, 3.63) is 29.3 Å². The Balaban J connectivity index is 2.92. The summed E-state index contributed by atoms with van der Waals surface area (Å²) in [5.41, 5.74) is -0.392. The lowest BCUT2D eigenvalue weighted by Crippen LogP contribution is -2.13. The van der Waals surface area contributed by atoms with Crippen molar-refractivity contribution in [2.45, 2.75) is 25.1 Å². The molecule has 6 heteroatoms. The van der Waals surface area contributed by atoms with E-state index in [2.05, 4.69) is 0 Å². The summed E-state index contributed by atoms with van der Waals surface area (Å²) in [7, 11) is 1.37. The van der Waals surface area contributed by atoms with Crippen LogP contribution < -0.4 is 4.74 Å². The number of hydrogen-bond acceptors (Lipinski definition) is 3. The largest absolute Gasteiger partial charge is 0.496 e. The first-order valence-corrected chi connectivity index (χ1v) is 5.41. The summed E-state index contributed by atoms with van der Waals surface area (Å²) < 4.78 is 42.6. The Hall–Kier alpha value is -1.27. The molecule has 0 aliphatic rings. The van der Waals surface area contributed by atoms with Crippen LogP contribution in [0, 0.1) is 0 Å². The quantitative estimate of drug-likeness (QED) is 0.855. The van der Waals surface area contributed by atoms with Crippen LogP contribution in [-0.4, -0.2) is 30.0 Å². The van der Waals surface area contributed by atoms with E-state index in [1.807, 2.05) is 0 Å². The maximum atomic E-state index is 12.5. The van der Waals surface area contributed by atoms with E-state index in [1.165, 1.54) is 13.2 Å². The molecular weight excluding hydrogens is 249 g/mol. The number of ether oxygens (including phenoxy) is 1. The monoisotopic (exact) mass is 264 g/mol. The van der Waals surface area contributed by atoms with E-state index >= 15 is 0 Å². The third-order valence-corrected chi connectivity index (χ3v) is 2.57. The molecule has 0 saturated carbocycles. The van der Waals surface area contributed by atoms with E-state index in [0.29, 0.717) is 11.3 Å². The van der Waals surface area contributed by atoms with Crippen molar-refractivity contribution < 1.29 is 28.1 Å². The number of benzene rings is 1. The maximum Gasteiger partial charge on any atom is 0.416 e. The van der Waals surface area contributed by atoms with Crippen molar-refractivity contribution >= 4 is 0 Å². The third-order valence-electron chi connectivity index (χ3n) is 2.57. The highest BCUT2D eigenvalue weighted by Gasteiger charge is 2.31. The van der Waals surface area contributed by atoms with E-state index in [9.17, 15) is 18.3 Å². The molecule has 3 nitrogen and oxygen atoms in total. The van der Waals surface area contributed by atoms with Gasteiger partial charge in [-0.1, -0.05) is 0 Å². The highest BCUT2D eigenvalue weighted by molar-refractivity contribution is 5.38. The van der Waals surface area contributed by atoms with Crippen molar-refractivity contribution in [1.82, 2.24) is 0 Å². The number of hydrogen-bond donors (Lipinski definition) is 2. The second kappa shape index (κ2) is 6.06. The molecule has 1 rings (SSSR count). The molecule has 0 aliphatic heterocycles. The molecular formula is C12H15F3O3. The zero-order valence-electron chi connectivity index (χ0n) is 9.87. The van der Waals surface area contributed by atoms with Crippen LogP contribution in [0.3, 0.4) is 0 Å². The zero-order valence-corrected chi connectivity index (χ0v) is 9.87. The fourth-order valence-electron chi connectivity index (χ4n) is 1.56. The van der Waals surface area contributed by atoms with Crippen LogP contribution in [-0.2, 0) is 12.6 Å². The van der Waals surface area contributed by atoms with E-state index < -0.39 is 24.5 Å². The van der Waals surface area contributed by atoms with Crippen molar-refractivity contribution in [2.24, 2.45) is 0 Å². The van der Waals surface area contributed by atoms with Gasteiger partial charge >= 0.3 is 6.18 Å². The normalized spacial score (nSPS) is 13.4. The smallest absolute Gasteiger partial charge is 0.416 e. The minimum Gasteiger partial charge on any atom is -0.496 e. The molecule has 0 saturated heterocycles. The van der Waals surface area contributed by atoms with Crippen LogP contribution in [0.15, 0.2) is 18.2 Å². The van der Waals surface area contributed by atoms with Crippen LogP contribution >= 0.6 is 0 Å². The molecule has 0 radical (unpaired) electrons. The molecule has 1 unspecified atom stereocenters. The molecule has 0 spiro atoms. The first-order chi connectivity index (χ1) is 8.38.